The molecule has 4 aromatic rings. The van der Waals surface area contributed by atoms with Gasteiger partial charge in [0.25, 0.3) is 0 Å². The molecule has 7 heteroatoms. The maximum Gasteiger partial charge on any atom is 0.118 e. The van der Waals surface area contributed by atoms with Crippen molar-refractivity contribution in [2.45, 2.75) is 0 Å². The lowest BCUT2D eigenvalue weighted by molar-refractivity contribution is 0.313. The van der Waals surface area contributed by atoms with Crippen LogP contribution in [0.2, 0.25) is 0 Å². The van der Waals surface area contributed by atoms with Crippen molar-refractivity contribution in [3.05, 3.63) is 55.1 Å². The van der Waals surface area contributed by atoms with Crippen molar-refractivity contribution >= 4 is 16.7 Å². The average molecular weight is 371 g/mol. The van der Waals surface area contributed by atoms with E-state index < -0.39 is 0 Å². The first kappa shape index (κ1) is 16.8. The normalized spacial score (nSPS) is 15.2. The highest BCUT2D eigenvalue weighted by Crippen LogP contribution is 2.29. The summed E-state index contributed by atoms with van der Waals surface area (Å²) in [7, 11) is 2.17. The molecule has 1 fully saturated rings. The largest absolute Gasteiger partial charge is 0.369 e. The minimum atomic E-state index is 0.838. The van der Waals surface area contributed by atoms with Gasteiger partial charge < -0.3 is 9.80 Å². The number of nitrogens with zero attached hydrogens (tertiary/aromatic N) is 6. The van der Waals surface area contributed by atoms with Crippen LogP contribution in [0.1, 0.15) is 0 Å². The third-order valence-corrected chi connectivity index (χ3v) is 5.27. The summed E-state index contributed by atoms with van der Waals surface area (Å²) in [4.78, 5) is 17.8. The van der Waals surface area contributed by atoms with Gasteiger partial charge in [0.1, 0.15) is 17.5 Å². The van der Waals surface area contributed by atoms with Crippen LogP contribution in [0.3, 0.4) is 0 Å². The van der Waals surface area contributed by atoms with Crippen LogP contribution < -0.4 is 4.90 Å². The van der Waals surface area contributed by atoms with E-state index in [2.05, 4.69) is 61.3 Å². The van der Waals surface area contributed by atoms with Crippen LogP contribution in [0.5, 0.6) is 0 Å². The van der Waals surface area contributed by atoms with Crippen molar-refractivity contribution in [3.8, 4) is 22.5 Å². The molecule has 1 saturated heterocycles. The predicted octanol–water partition coefficient (Wildman–Crippen LogP) is 2.83. The van der Waals surface area contributed by atoms with E-state index in [1.807, 2.05) is 12.1 Å². The van der Waals surface area contributed by atoms with Crippen molar-refractivity contribution in [1.29, 1.82) is 0 Å². The van der Waals surface area contributed by atoms with Crippen LogP contribution in [0.15, 0.2) is 55.1 Å². The van der Waals surface area contributed by atoms with Crippen LogP contribution in [0, 0.1) is 0 Å². The number of benzene rings is 1. The van der Waals surface area contributed by atoms with Crippen LogP contribution in [-0.2, 0) is 0 Å². The molecule has 28 heavy (non-hydrogen) atoms. The van der Waals surface area contributed by atoms with E-state index >= 15 is 0 Å². The molecule has 1 N–H and O–H groups in total. The molecule has 7 nitrogen and oxygen atoms in total. The van der Waals surface area contributed by atoms with Gasteiger partial charge in [0, 0.05) is 55.4 Å². The minimum Gasteiger partial charge on any atom is -0.369 e. The Hall–Kier alpha value is -3.32. The Kier molecular flexibility index (Phi) is 4.21. The summed E-state index contributed by atoms with van der Waals surface area (Å²) in [5, 5.41) is 7.60. The highest BCUT2D eigenvalue weighted by atomic mass is 15.2. The lowest BCUT2D eigenvalue weighted by Gasteiger charge is -2.34. The predicted molar refractivity (Wildman–Crippen MR) is 110 cm³/mol. The van der Waals surface area contributed by atoms with E-state index in [4.69, 9.17) is 4.98 Å². The fourth-order valence-electron chi connectivity index (χ4n) is 3.59. The standard InChI is InChI=1S/C21H21N7/c1-27-8-10-28(11-9-27)17-4-2-15(3-5-17)20-21-19(25-26-20)7-6-18(24-21)16-12-22-14-23-13-16/h2-7,12-14H,8-11H2,1H3,(H,25,26). The second kappa shape index (κ2) is 7.01. The third kappa shape index (κ3) is 3.10. The molecule has 0 unspecified atom stereocenters. The van der Waals surface area contributed by atoms with Gasteiger partial charge in [0.05, 0.1) is 11.2 Å². The van der Waals surface area contributed by atoms with Gasteiger partial charge in [-0.15, -0.1) is 0 Å². The van der Waals surface area contributed by atoms with Gasteiger partial charge in [-0.2, -0.15) is 5.10 Å². The van der Waals surface area contributed by atoms with Gasteiger partial charge in [-0.1, -0.05) is 12.1 Å². The molecule has 0 saturated carbocycles. The first-order valence-corrected chi connectivity index (χ1v) is 9.42. The fourth-order valence-corrected chi connectivity index (χ4v) is 3.59. The summed E-state index contributed by atoms with van der Waals surface area (Å²) in [6, 6.07) is 12.6. The maximum atomic E-state index is 4.81. The molecule has 0 atom stereocenters. The molecule has 140 valence electrons. The highest BCUT2D eigenvalue weighted by Gasteiger charge is 2.15. The molecule has 1 aromatic carbocycles. The number of H-pyrrole nitrogens is 1. The summed E-state index contributed by atoms with van der Waals surface area (Å²) in [6.07, 6.45) is 5.06. The topological polar surface area (TPSA) is 73.8 Å². The zero-order valence-electron chi connectivity index (χ0n) is 15.7. The second-order valence-corrected chi connectivity index (χ2v) is 7.13. The first-order valence-electron chi connectivity index (χ1n) is 9.42. The first-order chi connectivity index (χ1) is 13.8. The number of hydrogen-bond acceptors (Lipinski definition) is 6. The van der Waals surface area contributed by atoms with Crippen LogP contribution in [0.4, 0.5) is 5.69 Å². The number of aromatic amines is 1. The lowest BCUT2D eigenvalue weighted by Crippen LogP contribution is -2.44. The fraction of sp³-hybridized carbons (Fsp3) is 0.238. The zero-order valence-corrected chi connectivity index (χ0v) is 15.7. The Balaban J connectivity index is 1.47. The quantitative estimate of drug-likeness (QED) is 0.597. The minimum absolute atomic E-state index is 0.838. The van der Waals surface area contributed by atoms with Gasteiger partial charge in [-0.25, -0.2) is 15.0 Å². The molecule has 1 aliphatic rings. The summed E-state index contributed by atoms with van der Waals surface area (Å²) in [5.74, 6) is 0. The third-order valence-electron chi connectivity index (χ3n) is 5.27. The zero-order chi connectivity index (χ0) is 18.9. The number of hydrogen-bond donors (Lipinski definition) is 1. The number of piperazine rings is 1. The molecule has 0 spiro atoms. The number of rotatable bonds is 3. The van der Waals surface area contributed by atoms with Crippen LogP contribution >= 0.6 is 0 Å². The number of fused-ring (bicyclic) bond motifs is 1. The van der Waals surface area contributed by atoms with Crippen molar-refractivity contribution in [2.24, 2.45) is 0 Å². The molecule has 5 rings (SSSR count). The van der Waals surface area contributed by atoms with E-state index in [-0.39, 0.29) is 0 Å². The molecule has 3 aromatic heterocycles. The maximum absolute atomic E-state index is 4.81. The van der Waals surface area contributed by atoms with E-state index in [9.17, 15) is 0 Å². The van der Waals surface area contributed by atoms with Crippen molar-refractivity contribution in [1.82, 2.24) is 30.0 Å². The Bertz CT molecular complexity index is 1080. The number of nitrogens with one attached hydrogen (secondary N) is 1. The summed E-state index contributed by atoms with van der Waals surface area (Å²) in [5.41, 5.74) is 6.67. The molecule has 1 aliphatic heterocycles. The average Bonchev–Trinajstić information content (AvgIpc) is 3.18. The molecule has 0 radical (unpaired) electrons. The number of anilines is 1. The molecular weight excluding hydrogens is 350 g/mol. The molecule has 0 aliphatic carbocycles. The Morgan fingerprint density at radius 2 is 1.61 bits per heavy atom. The lowest BCUT2D eigenvalue weighted by atomic mass is 10.1. The van der Waals surface area contributed by atoms with Gasteiger partial charge in [-0.3, -0.25) is 5.10 Å². The van der Waals surface area contributed by atoms with Gasteiger partial charge in [-0.05, 0) is 31.3 Å². The van der Waals surface area contributed by atoms with E-state index in [0.717, 1.165) is 59.7 Å². The number of aromatic nitrogens is 5. The van der Waals surface area contributed by atoms with Crippen LogP contribution in [0.25, 0.3) is 33.5 Å². The van der Waals surface area contributed by atoms with E-state index in [0.29, 0.717) is 0 Å². The highest BCUT2D eigenvalue weighted by molar-refractivity contribution is 5.91. The summed E-state index contributed by atoms with van der Waals surface area (Å²) >= 11 is 0. The molecular formula is C21H21N7. The SMILES string of the molecule is CN1CCN(c2ccc(-c3n[nH]c4ccc(-c5cncnc5)nc34)cc2)CC1. The van der Waals surface area contributed by atoms with Crippen LogP contribution in [-0.4, -0.2) is 63.3 Å². The number of pyridine rings is 1. The van der Waals surface area contributed by atoms with E-state index in [1.165, 1.54) is 12.0 Å². The second-order valence-electron chi connectivity index (χ2n) is 7.13. The van der Waals surface area contributed by atoms with E-state index in [1.54, 1.807) is 12.4 Å². The Morgan fingerprint density at radius 3 is 2.36 bits per heavy atom. The Labute approximate surface area is 163 Å². The summed E-state index contributed by atoms with van der Waals surface area (Å²) < 4.78 is 0. The molecule has 0 bridgehead atoms. The van der Waals surface area contributed by atoms with Gasteiger partial charge in [0.15, 0.2) is 0 Å². The van der Waals surface area contributed by atoms with Crippen molar-refractivity contribution in [3.63, 3.8) is 0 Å². The smallest absolute Gasteiger partial charge is 0.118 e. The number of likely N-dealkylation sites (N-methyl/N-ethyl adjacent to an activating group) is 1. The molecule has 4 heterocycles. The van der Waals surface area contributed by atoms with Crippen molar-refractivity contribution in [2.75, 3.05) is 38.1 Å². The Morgan fingerprint density at radius 1 is 0.857 bits per heavy atom. The van der Waals surface area contributed by atoms with Crippen molar-refractivity contribution < 1.29 is 0 Å². The van der Waals surface area contributed by atoms with Gasteiger partial charge in [0.2, 0.25) is 0 Å². The monoisotopic (exact) mass is 371 g/mol. The molecule has 0 amide bonds. The van der Waals surface area contributed by atoms with Gasteiger partial charge >= 0.3 is 0 Å². The summed E-state index contributed by atoms with van der Waals surface area (Å²) in [6.45, 7) is 4.32.